The number of hydrogen-bond donors (Lipinski definition) is 2. The third-order valence-electron chi connectivity index (χ3n) is 3.53. The summed E-state index contributed by atoms with van der Waals surface area (Å²) in [7, 11) is 0. The van der Waals surface area contributed by atoms with Gasteiger partial charge in [0.25, 0.3) is 5.91 Å². The Kier molecular flexibility index (Phi) is 2.86. The number of aromatic nitrogens is 3. The molecule has 0 saturated carbocycles. The number of carbonyl (C=O) groups excluding carboxylic acids is 1. The first-order valence-electron chi connectivity index (χ1n) is 6.42. The van der Waals surface area contributed by atoms with Crippen molar-refractivity contribution in [3.63, 3.8) is 0 Å². The molecule has 0 spiro atoms. The predicted molar refractivity (Wildman–Crippen MR) is 78.5 cm³/mol. The quantitative estimate of drug-likeness (QED) is 0.750. The van der Waals surface area contributed by atoms with E-state index in [0.29, 0.717) is 22.3 Å². The van der Waals surface area contributed by atoms with Crippen LogP contribution >= 0.6 is 0 Å². The standard InChI is InChI=1S/C15H14N4O2/c1-8-3-4-11(20)9(2)13(8)19-7-10(14(16)21)12-15(19)18-6-5-17-12/h3-7,20H,1-2H3,(H2,16,21). The van der Waals surface area contributed by atoms with Gasteiger partial charge in [-0.05, 0) is 25.5 Å². The Labute approximate surface area is 120 Å². The van der Waals surface area contributed by atoms with Crippen molar-refractivity contribution < 1.29 is 9.90 Å². The molecule has 6 heteroatoms. The van der Waals surface area contributed by atoms with Gasteiger partial charge in [0.05, 0.1) is 11.3 Å². The van der Waals surface area contributed by atoms with Crippen LogP contribution in [0.2, 0.25) is 0 Å². The van der Waals surface area contributed by atoms with Crippen molar-refractivity contribution >= 4 is 17.1 Å². The number of phenols is 1. The molecule has 106 valence electrons. The molecule has 0 saturated heterocycles. The second-order valence-electron chi connectivity index (χ2n) is 4.88. The fraction of sp³-hybridized carbons (Fsp3) is 0.133. The maximum Gasteiger partial charge on any atom is 0.252 e. The molecule has 0 unspecified atom stereocenters. The average molecular weight is 282 g/mol. The van der Waals surface area contributed by atoms with E-state index in [2.05, 4.69) is 9.97 Å². The lowest BCUT2D eigenvalue weighted by Gasteiger charge is -2.13. The molecule has 2 aromatic heterocycles. The number of rotatable bonds is 2. The molecule has 21 heavy (non-hydrogen) atoms. The summed E-state index contributed by atoms with van der Waals surface area (Å²) >= 11 is 0. The smallest absolute Gasteiger partial charge is 0.252 e. The van der Waals surface area contributed by atoms with Crippen molar-refractivity contribution in [2.45, 2.75) is 13.8 Å². The second-order valence-corrected chi connectivity index (χ2v) is 4.88. The van der Waals surface area contributed by atoms with E-state index in [1.165, 1.54) is 6.20 Å². The van der Waals surface area contributed by atoms with Crippen molar-refractivity contribution in [2.24, 2.45) is 5.73 Å². The zero-order valence-corrected chi connectivity index (χ0v) is 11.7. The number of hydrogen-bond acceptors (Lipinski definition) is 4. The highest BCUT2D eigenvalue weighted by atomic mass is 16.3. The summed E-state index contributed by atoms with van der Waals surface area (Å²) in [6.45, 7) is 3.73. The summed E-state index contributed by atoms with van der Waals surface area (Å²) in [5.74, 6) is -0.378. The van der Waals surface area contributed by atoms with Crippen LogP contribution in [0.3, 0.4) is 0 Å². The van der Waals surface area contributed by atoms with Crippen molar-refractivity contribution in [3.8, 4) is 11.4 Å². The second kappa shape index (κ2) is 4.59. The van der Waals surface area contributed by atoms with Gasteiger partial charge in [0.15, 0.2) is 5.65 Å². The van der Waals surface area contributed by atoms with Gasteiger partial charge in [0, 0.05) is 24.2 Å². The fourth-order valence-electron chi connectivity index (χ4n) is 2.49. The van der Waals surface area contributed by atoms with Crippen LogP contribution < -0.4 is 5.73 Å². The third kappa shape index (κ3) is 1.92. The molecule has 0 atom stereocenters. The van der Waals surface area contributed by atoms with Crippen LogP contribution in [0.4, 0.5) is 0 Å². The van der Waals surface area contributed by atoms with Crippen molar-refractivity contribution in [1.82, 2.24) is 14.5 Å². The summed E-state index contributed by atoms with van der Waals surface area (Å²) in [6, 6.07) is 3.45. The molecule has 0 aliphatic heterocycles. The van der Waals surface area contributed by atoms with Crippen LogP contribution in [0.1, 0.15) is 21.5 Å². The summed E-state index contributed by atoms with van der Waals surface area (Å²) in [5, 5.41) is 9.93. The normalized spacial score (nSPS) is 11.0. The largest absolute Gasteiger partial charge is 0.508 e. The molecule has 6 nitrogen and oxygen atoms in total. The molecule has 0 aliphatic rings. The highest BCUT2D eigenvalue weighted by Crippen LogP contribution is 2.30. The minimum Gasteiger partial charge on any atom is -0.508 e. The zero-order chi connectivity index (χ0) is 15.1. The van der Waals surface area contributed by atoms with E-state index in [-0.39, 0.29) is 5.75 Å². The number of aromatic hydroxyl groups is 1. The summed E-state index contributed by atoms with van der Waals surface area (Å²) in [5.41, 5.74) is 9.12. The molecule has 0 aliphatic carbocycles. The first kappa shape index (κ1) is 13.1. The van der Waals surface area contributed by atoms with E-state index in [0.717, 1.165) is 11.3 Å². The van der Waals surface area contributed by atoms with Crippen LogP contribution in [0.15, 0.2) is 30.7 Å². The first-order valence-corrected chi connectivity index (χ1v) is 6.42. The van der Waals surface area contributed by atoms with Crippen molar-refractivity contribution in [1.29, 1.82) is 0 Å². The number of nitrogens with zero attached hydrogens (tertiary/aromatic N) is 3. The Morgan fingerprint density at radius 1 is 1.24 bits per heavy atom. The fourth-order valence-corrected chi connectivity index (χ4v) is 2.49. The Morgan fingerprint density at radius 2 is 1.95 bits per heavy atom. The molecule has 0 radical (unpaired) electrons. The highest BCUT2D eigenvalue weighted by Gasteiger charge is 2.18. The molecule has 0 fully saturated rings. The Balaban J connectivity index is 2.42. The highest BCUT2D eigenvalue weighted by molar-refractivity contribution is 6.04. The lowest BCUT2D eigenvalue weighted by molar-refractivity contribution is 0.100. The third-order valence-corrected chi connectivity index (χ3v) is 3.53. The zero-order valence-electron chi connectivity index (χ0n) is 11.7. The van der Waals surface area contributed by atoms with Crippen LogP contribution in [-0.4, -0.2) is 25.5 Å². The number of benzene rings is 1. The maximum atomic E-state index is 11.6. The molecule has 1 aromatic carbocycles. The van der Waals surface area contributed by atoms with E-state index in [9.17, 15) is 9.90 Å². The molecule has 3 rings (SSSR count). The van der Waals surface area contributed by atoms with Crippen LogP contribution in [0.25, 0.3) is 16.9 Å². The van der Waals surface area contributed by atoms with Crippen LogP contribution in [0.5, 0.6) is 5.75 Å². The number of fused-ring (bicyclic) bond motifs is 1. The van der Waals surface area contributed by atoms with E-state index in [1.54, 1.807) is 23.0 Å². The van der Waals surface area contributed by atoms with E-state index in [1.807, 2.05) is 19.9 Å². The summed E-state index contributed by atoms with van der Waals surface area (Å²) in [4.78, 5) is 20.1. The Morgan fingerprint density at radius 3 is 2.67 bits per heavy atom. The topological polar surface area (TPSA) is 94.0 Å². The number of amides is 1. The molecule has 0 bridgehead atoms. The van der Waals surface area contributed by atoms with Gasteiger partial charge in [0.1, 0.15) is 11.3 Å². The van der Waals surface area contributed by atoms with Crippen molar-refractivity contribution in [3.05, 3.63) is 47.4 Å². The minimum absolute atomic E-state index is 0.182. The molecule has 1 amide bonds. The lowest BCUT2D eigenvalue weighted by Crippen LogP contribution is -2.10. The number of aryl methyl sites for hydroxylation is 1. The summed E-state index contributed by atoms with van der Waals surface area (Å²) in [6.07, 6.45) is 4.68. The van der Waals surface area contributed by atoms with Gasteiger partial charge in [-0.2, -0.15) is 0 Å². The monoisotopic (exact) mass is 282 g/mol. The van der Waals surface area contributed by atoms with Crippen LogP contribution in [0, 0.1) is 13.8 Å². The Hall–Kier alpha value is -2.89. The number of carbonyl (C=O) groups is 1. The van der Waals surface area contributed by atoms with Gasteiger partial charge in [0.2, 0.25) is 0 Å². The molecule has 2 heterocycles. The average Bonchev–Trinajstić information content (AvgIpc) is 2.84. The minimum atomic E-state index is -0.560. The van der Waals surface area contributed by atoms with E-state index < -0.39 is 5.91 Å². The predicted octanol–water partition coefficient (Wildman–Crippen LogP) is 1.84. The molecule has 3 aromatic rings. The lowest BCUT2D eigenvalue weighted by atomic mass is 10.1. The Bertz CT molecular complexity index is 867. The number of primary amides is 1. The molecule has 3 N–H and O–H groups in total. The molecular weight excluding hydrogens is 268 g/mol. The SMILES string of the molecule is Cc1ccc(O)c(C)c1-n1cc(C(N)=O)c2nccnc21. The molecular formula is C15H14N4O2. The van der Waals surface area contributed by atoms with Gasteiger partial charge in [-0.3, -0.25) is 14.3 Å². The van der Waals surface area contributed by atoms with Gasteiger partial charge >= 0.3 is 0 Å². The first-order chi connectivity index (χ1) is 10.0. The number of nitrogens with two attached hydrogens (primary N) is 1. The van der Waals surface area contributed by atoms with E-state index in [4.69, 9.17) is 5.73 Å². The van der Waals surface area contributed by atoms with E-state index >= 15 is 0 Å². The maximum absolute atomic E-state index is 11.6. The van der Waals surface area contributed by atoms with Gasteiger partial charge in [-0.15, -0.1) is 0 Å². The van der Waals surface area contributed by atoms with Gasteiger partial charge in [-0.25, -0.2) is 4.98 Å². The number of phenolic OH excluding ortho intramolecular Hbond substituents is 1. The van der Waals surface area contributed by atoms with Gasteiger partial charge in [-0.1, -0.05) is 6.07 Å². The van der Waals surface area contributed by atoms with Crippen LogP contribution in [-0.2, 0) is 0 Å². The summed E-state index contributed by atoms with van der Waals surface area (Å²) < 4.78 is 1.74. The van der Waals surface area contributed by atoms with Crippen molar-refractivity contribution in [2.75, 3.05) is 0 Å². The van der Waals surface area contributed by atoms with Gasteiger partial charge < -0.3 is 10.8 Å².